The Bertz CT molecular complexity index is 443. The van der Waals surface area contributed by atoms with E-state index in [1.165, 1.54) is 10.5 Å². The first-order chi connectivity index (χ1) is 8.64. The molecule has 0 radical (unpaired) electrons. The van der Waals surface area contributed by atoms with Crippen LogP contribution in [0.3, 0.4) is 0 Å². The first-order valence-electron chi connectivity index (χ1n) is 6.30. The van der Waals surface area contributed by atoms with E-state index in [9.17, 15) is 9.90 Å². The molecule has 18 heavy (non-hydrogen) atoms. The van der Waals surface area contributed by atoms with Crippen LogP contribution < -0.4 is 0 Å². The van der Waals surface area contributed by atoms with Crippen molar-refractivity contribution in [3.8, 4) is 0 Å². The van der Waals surface area contributed by atoms with Gasteiger partial charge in [-0.3, -0.25) is 0 Å². The second-order valence-corrected chi connectivity index (χ2v) is 4.87. The van der Waals surface area contributed by atoms with Crippen molar-refractivity contribution in [2.45, 2.75) is 18.8 Å². The Hall–Kier alpha value is -1.77. The Kier molecular flexibility index (Phi) is 3.41. The molecular weight excluding hydrogens is 226 g/mol. The Balaban J connectivity index is 2.24. The van der Waals surface area contributed by atoms with Crippen molar-refractivity contribution in [1.29, 1.82) is 0 Å². The molecular formula is C15H19NO2. The Labute approximate surface area is 108 Å². The van der Waals surface area contributed by atoms with Gasteiger partial charge in [0.1, 0.15) is 0 Å². The molecule has 0 aromatic heterocycles. The number of allylic oxidation sites excluding steroid dienone is 1. The van der Waals surface area contributed by atoms with Gasteiger partial charge in [-0.2, -0.15) is 0 Å². The predicted octanol–water partition coefficient (Wildman–Crippen LogP) is 3.13. The second-order valence-electron chi connectivity index (χ2n) is 4.87. The molecule has 2 atom stereocenters. The molecule has 2 unspecified atom stereocenters. The average molecular weight is 245 g/mol. The minimum atomic E-state index is -0.845. The molecule has 1 fully saturated rings. The van der Waals surface area contributed by atoms with Gasteiger partial charge in [0.25, 0.3) is 0 Å². The summed E-state index contributed by atoms with van der Waals surface area (Å²) in [4.78, 5) is 12.6. The van der Waals surface area contributed by atoms with Crippen molar-refractivity contribution in [3.63, 3.8) is 0 Å². The number of carbonyl (C=O) groups is 1. The summed E-state index contributed by atoms with van der Waals surface area (Å²) in [6.07, 6.45) is 2.09. The number of hydrogen-bond acceptors (Lipinski definition) is 1. The zero-order valence-electron chi connectivity index (χ0n) is 10.7. The van der Waals surface area contributed by atoms with Crippen LogP contribution in [0.5, 0.6) is 0 Å². The van der Waals surface area contributed by atoms with E-state index < -0.39 is 6.09 Å². The normalized spacial score (nSPS) is 25.5. The van der Waals surface area contributed by atoms with E-state index in [1.54, 1.807) is 0 Å². The number of carboxylic acid groups (broad SMARTS) is 1. The molecule has 2 rings (SSSR count). The predicted molar refractivity (Wildman–Crippen MR) is 71.7 cm³/mol. The van der Waals surface area contributed by atoms with Gasteiger partial charge in [-0.1, -0.05) is 36.4 Å². The fraction of sp³-hybridized carbons (Fsp3) is 0.400. The Morgan fingerprint density at radius 2 is 2.22 bits per heavy atom. The van der Waals surface area contributed by atoms with E-state index in [0.29, 0.717) is 19.0 Å². The maximum atomic E-state index is 11.2. The monoisotopic (exact) mass is 245 g/mol. The highest BCUT2D eigenvalue weighted by Gasteiger charge is 2.54. The van der Waals surface area contributed by atoms with Gasteiger partial charge in [0, 0.05) is 18.5 Å². The van der Waals surface area contributed by atoms with Crippen LogP contribution in [0.2, 0.25) is 0 Å². The minimum Gasteiger partial charge on any atom is -0.465 e. The van der Waals surface area contributed by atoms with Crippen molar-refractivity contribution < 1.29 is 9.90 Å². The topological polar surface area (TPSA) is 40.5 Å². The van der Waals surface area contributed by atoms with E-state index in [2.05, 4.69) is 18.7 Å². The first-order valence-corrected chi connectivity index (χ1v) is 6.30. The highest BCUT2D eigenvalue weighted by atomic mass is 16.4. The highest BCUT2D eigenvalue weighted by Crippen LogP contribution is 2.55. The van der Waals surface area contributed by atoms with Crippen molar-refractivity contribution >= 4 is 6.09 Å². The van der Waals surface area contributed by atoms with Crippen molar-refractivity contribution in [2.24, 2.45) is 5.92 Å². The van der Waals surface area contributed by atoms with Crippen LogP contribution in [0, 0.1) is 5.92 Å². The van der Waals surface area contributed by atoms with Gasteiger partial charge in [0.15, 0.2) is 0 Å². The van der Waals surface area contributed by atoms with Gasteiger partial charge in [0.05, 0.1) is 0 Å². The van der Waals surface area contributed by atoms with Gasteiger partial charge < -0.3 is 10.0 Å². The third-order valence-electron chi connectivity index (χ3n) is 3.89. The lowest BCUT2D eigenvalue weighted by Gasteiger charge is -2.25. The van der Waals surface area contributed by atoms with Crippen LogP contribution in [0.25, 0.3) is 0 Å². The van der Waals surface area contributed by atoms with Gasteiger partial charge in [-0.05, 0) is 24.8 Å². The summed E-state index contributed by atoms with van der Waals surface area (Å²) in [5.74, 6) is 0.383. The molecule has 1 N–H and O–H groups in total. The molecule has 1 aromatic carbocycles. The van der Waals surface area contributed by atoms with E-state index in [-0.39, 0.29) is 5.41 Å². The fourth-order valence-electron chi connectivity index (χ4n) is 2.67. The molecule has 0 heterocycles. The maximum absolute atomic E-state index is 11.2. The van der Waals surface area contributed by atoms with Gasteiger partial charge in [0.2, 0.25) is 0 Å². The quantitative estimate of drug-likeness (QED) is 0.810. The van der Waals surface area contributed by atoms with Crippen LogP contribution in [0.4, 0.5) is 4.79 Å². The summed E-state index contributed by atoms with van der Waals surface area (Å²) in [7, 11) is 0. The van der Waals surface area contributed by atoms with Gasteiger partial charge in [-0.15, -0.1) is 6.58 Å². The molecule has 0 saturated heterocycles. The van der Waals surface area contributed by atoms with Crippen molar-refractivity contribution in [1.82, 2.24) is 4.90 Å². The molecule has 0 spiro atoms. The molecule has 1 amide bonds. The standard InChI is InChI=1S/C15H19NO2/c1-3-12-10-15(12,11-16(4-2)14(17)18)13-8-6-5-7-9-13/h3,5-9,12H,1,4,10-11H2,2H3,(H,17,18). The molecule has 1 saturated carbocycles. The first kappa shape index (κ1) is 12.7. The number of likely N-dealkylation sites (N-methyl/N-ethyl adjacent to an activating group) is 1. The van der Waals surface area contributed by atoms with E-state index >= 15 is 0 Å². The molecule has 1 aliphatic carbocycles. The number of amides is 1. The summed E-state index contributed by atoms with van der Waals surface area (Å²) in [5, 5.41) is 9.17. The second kappa shape index (κ2) is 4.84. The zero-order valence-corrected chi connectivity index (χ0v) is 10.7. The molecule has 1 aromatic rings. The molecule has 1 aliphatic rings. The van der Waals surface area contributed by atoms with Crippen LogP contribution in [-0.4, -0.2) is 29.2 Å². The number of hydrogen-bond donors (Lipinski definition) is 1. The van der Waals surface area contributed by atoms with Crippen LogP contribution in [0.1, 0.15) is 18.9 Å². The third kappa shape index (κ3) is 2.13. The lowest BCUT2D eigenvalue weighted by molar-refractivity contribution is 0.142. The largest absolute Gasteiger partial charge is 0.465 e. The number of nitrogens with zero attached hydrogens (tertiary/aromatic N) is 1. The summed E-state index contributed by atoms with van der Waals surface area (Å²) in [5.41, 5.74) is 1.16. The van der Waals surface area contributed by atoms with Crippen LogP contribution >= 0.6 is 0 Å². The maximum Gasteiger partial charge on any atom is 0.407 e. The minimum absolute atomic E-state index is 0.0581. The zero-order chi connectivity index (χ0) is 13.2. The van der Waals surface area contributed by atoms with Crippen LogP contribution in [0.15, 0.2) is 43.0 Å². The van der Waals surface area contributed by atoms with Gasteiger partial charge in [-0.25, -0.2) is 4.79 Å². The van der Waals surface area contributed by atoms with Gasteiger partial charge >= 0.3 is 6.09 Å². The molecule has 96 valence electrons. The number of benzene rings is 1. The van der Waals surface area contributed by atoms with Crippen LogP contribution in [-0.2, 0) is 5.41 Å². The Morgan fingerprint density at radius 3 is 2.67 bits per heavy atom. The van der Waals surface area contributed by atoms with E-state index in [0.717, 1.165) is 6.42 Å². The summed E-state index contributed by atoms with van der Waals surface area (Å²) >= 11 is 0. The summed E-state index contributed by atoms with van der Waals surface area (Å²) in [6, 6.07) is 10.2. The van der Waals surface area contributed by atoms with Crippen molar-refractivity contribution in [3.05, 3.63) is 48.6 Å². The smallest absolute Gasteiger partial charge is 0.407 e. The summed E-state index contributed by atoms with van der Waals surface area (Å²) in [6.45, 7) is 6.81. The molecule has 0 aliphatic heterocycles. The summed E-state index contributed by atoms with van der Waals surface area (Å²) < 4.78 is 0. The molecule has 3 heteroatoms. The lowest BCUT2D eigenvalue weighted by atomic mass is 9.92. The third-order valence-corrected chi connectivity index (χ3v) is 3.89. The highest BCUT2D eigenvalue weighted by molar-refractivity contribution is 5.65. The van der Waals surface area contributed by atoms with E-state index in [1.807, 2.05) is 31.2 Å². The molecule has 0 bridgehead atoms. The van der Waals surface area contributed by atoms with E-state index in [4.69, 9.17) is 0 Å². The fourth-order valence-corrected chi connectivity index (χ4v) is 2.67. The number of rotatable bonds is 5. The van der Waals surface area contributed by atoms with Crippen molar-refractivity contribution in [2.75, 3.05) is 13.1 Å². The SMILES string of the molecule is C=CC1CC1(CN(CC)C(=O)O)c1ccccc1. The lowest BCUT2D eigenvalue weighted by Crippen LogP contribution is -2.37. The average Bonchev–Trinajstić information content (AvgIpc) is 3.11. The molecule has 3 nitrogen and oxygen atoms in total. The Morgan fingerprint density at radius 1 is 1.56 bits per heavy atom.